The number of amides is 1. The first-order chi connectivity index (χ1) is 13.9. The fourth-order valence-electron chi connectivity index (χ4n) is 3.34. The Labute approximate surface area is 174 Å². The molecule has 3 aromatic carbocycles. The standard InChI is InChI=1S/C24H21ClN2O2/c1-4-16-6-10-22-21(12-16)27-24(29-22)19-13-17(7-9-20(19)25)26-23(28)18-8-5-14(2)11-15(18)3/h5-13H,4H2,1-3H3,(H,26,28). The van der Waals surface area contributed by atoms with Gasteiger partial charge >= 0.3 is 0 Å². The summed E-state index contributed by atoms with van der Waals surface area (Å²) in [4.78, 5) is 17.3. The van der Waals surface area contributed by atoms with Crippen molar-refractivity contribution in [2.45, 2.75) is 27.2 Å². The second kappa shape index (κ2) is 7.72. The first-order valence-corrected chi connectivity index (χ1v) is 9.90. The van der Waals surface area contributed by atoms with Crippen LogP contribution < -0.4 is 5.32 Å². The van der Waals surface area contributed by atoms with Crippen molar-refractivity contribution in [3.05, 3.63) is 81.9 Å². The number of carbonyl (C=O) groups excluding carboxylic acids is 1. The Hall–Kier alpha value is -3.11. The molecule has 146 valence electrons. The summed E-state index contributed by atoms with van der Waals surface area (Å²) in [7, 11) is 0. The molecule has 1 aromatic heterocycles. The maximum Gasteiger partial charge on any atom is 0.255 e. The summed E-state index contributed by atoms with van der Waals surface area (Å²) in [5.41, 5.74) is 6.65. The lowest BCUT2D eigenvalue weighted by molar-refractivity contribution is 0.102. The fourth-order valence-corrected chi connectivity index (χ4v) is 3.54. The van der Waals surface area contributed by atoms with Crippen LogP contribution in [0, 0.1) is 13.8 Å². The second-order valence-electron chi connectivity index (χ2n) is 7.14. The lowest BCUT2D eigenvalue weighted by Gasteiger charge is -2.10. The van der Waals surface area contributed by atoms with Crippen LogP contribution in [-0.2, 0) is 6.42 Å². The SMILES string of the molecule is CCc1ccc2oc(-c3cc(NC(=O)c4ccc(C)cc4C)ccc3Cl)nc2c1. The van der Waals surface area contributed by atoms with Crippen molar-refractivity contribution in [3.63, 3.8) is 0 Å². The number of benzene rings is 3. The van der Waals surface area contributed by atoms with Gasteiger partial charge in [-0.3, -0.25) is 4.79 Å². The summed E-state index contributed by atoms with van der Waals surface area (Å²) in [6.45, 7) is 6.03. The van der Waals surface area contributed by atoms with Gasteiger partial charge in [0.1, 0.15) is 5.52 Å². The molecule has 29 heavy (non-hydrogen) atoms. The Morgan fingerprint density at radius 3 is 2.66 bits per heavy atom. The van der Waals surface area contributed by atoms with Gasteiger partial charge < -0.3 is 9.73 Å². The van der Waals surface area contributed by atoms with Gasteiger partial charge in [-0.1, -0.05) is 42.3 Å². The Balaban J connectivity index is 1.66. The highest BCUT2D eigenvalue weighted by atomic mass is 35.5. The Kier molecular flexibility index (Phi) is 5.12. The van der Waals surface area contributed by atoms with Gasteiger partial charge in [-0.2, -0.15) is 0 Å². The van der Waals surface area contributed by atoms with Crippen LogP contribution in [0.15, 0.2) is 59.0 Å². The minimum Gasteiger partial charge on any atom is -0.436 e. The first kappa shape index (κ1) is 19.2. The third-order valence-corrected chi connectivity index (χ3v) is 5.27. The van der Waals surface area contributed by atoms with Gasteiger partial charge in [0.25, 0.3) is 5.91 Å². The van der Waals surface area contributed by atoms with Gasteiger partial charge in [0, 0.05) is 11.3 Å². The molecule has 4 aromatic rings. The number of rotatable bonds is 4. The van der Waals surface area contributed by atoms with E-state index in [0.29, 0.717) is 33.3 Å². The summed E-state index contributed by atoms with van der Waals surface area (Å²) in [6, 6.07) is 17.0. The zero-order valence-electron chi connectivity index (χ0n) is 16.5. The van der Waals surface area contributed by atoms with Crippen LogP contribution in [0.2, 0.25) is 5.02 Å². The lowest BCUT2D eigenvalue weighted by atomic mass is 10.1. The Morgan fingerprint density at radius 2 is 1.90 bits per heavy atom. The quantitative estimate of drug-likeness (QED) is 0.418. The van der Waals surface area contributed by atoms with E-state index in [1.165, 1.54) is 5.56 Å². The highest BCUT2D eigenvalue weighted by Gasteiger charge is 2.15. The molecule has 0 spiro atoms. The maximum atomic E-state index is 12.7. The zero-order chi connectivity index (χ0) is 20.5. The molecule has 5 heteroatoms. The molecule has 0 saturated heterocycles. The van der Waals surface area contributed by atoms with E-state index >= 15 is 0 Å². The number of nitrogens with zero attached hydrogens (tertiary/aromatic N) is 1. The van der Waals surface area contributed by atoms with E-state index in [1.54, 1.807) is 18.2 Å². The summed E-state index contributed by atoms with van der Waals surface area (Å²) in [6.07, 6.45) is 0.929. The highest BCUT2D eigenvalue weighted by molar-refractivity contribution is 6.33. The second-order valence-corrected chi connectivity index (χ2v) is 7.55. The molecule has 0 bridgehead atoms. The fraction of sp³-hybridized carbons (Fsp3) is 0.167. The van der Waals surface area contributed by atoms with Crippen LogP contribution in [0.25, 0.3) is 22.6 Å². The molecule has 1 amide bonds. The van der Waals surface area contributed by atoms with Crippen LogP contribution in [-0.4, -0.2) is 10.9 Å². The molecule has 4 rings (SSSR count). The van der Waals surface area contributed by atoms with E-state index in [1.807, 2.05) is 50.2 Å². The smallest absolute Gasteiger partial charge is 0.255 e. The molecule has 0 aliphatic rings. The van der Waals surface area contributed by atoms with Crippen molar-refractivity contribution in [2.75, 3.05) is 5.32 Å². The number of halogens is 1. The van der Waals surface area contributed by atoms with Crippen LogP contribution >= 0.6 is 11.6 Å². The lowest BCUT2D eigenvalue weighted by Crippen LogP contribution is -2.13. The molecule has 0 saturated carbocycles. The van der Waals surface area contributed by atoms with Crippen molar-refractivity contribution >= 4 is 34.3 Å². The third kappa shape index (κ3) is 3.89. The number of aryl methyl sites for hydroxylation is 3. The third-order valence-electron chi connectivity index (χ3n) is 4.94. The van der Waals surface area contributed by atoms with Crippen molar-refractivity contribution < 1.29 is 9.21 Å². The average molecular weight is 405 g/mol. The number of carbonyl (C=O) groups is 1. The molecule has 0 aliphatic heterocycles. The van der Waals surface area contributed by atoms with Crippen molar-refractivity contribution in [1.82, 2.24) is 4.98 Å². The normalized spacial score (nSPS) is 11.0. The summed E-state index contributed by atoms with van der Waals surface area (Å²) >= 11 is 6.40. The number of hydrogen-bond acceptors (Lipinski definition) is 3. The van der Waals surface area contributed by atoms with Crippen LogP contribution in [0.5, 0.6) is 0 Å². The average Bonchev–Trinajstić information content (AvgIpc) is 3.12. The van der Waals surface area contributed by atoms with Crippen molar-refractivity contribution in [1.29, 1.82) is 0 Å². The minimum atomic E-state index is -0.166. The molecular formula is C24H21ClN2O2. The number of anilines is 1. The first-order valence-electron chi connectivity index (χ1n) is 9.52. The predicted molar refractivity (Wildman–Crippen MR) is 118 cm³/mol. The Bertz CT molecular complexity index is 1230. The number of hydrogen-bond donors (Lipinski definition) is 1. The zero-order valence-corrected chi connectivity index (χ0v) is 17.3. The van der Waals surface area contributed by atoms with E-state index in [4.69, 9.17) is 16.0 Å². The Morgan fingerprint density at radius 1 is 1.07 bits per heavy atom. The number of fused-ring (bicyclic) bond motifs is 1. The van der Waals surface area contributed by atoms with Gasteiger partial charge in [0.2, 0.25) is 5.89 Å². The molecule has 0 radical (unpaired) electrons. The minimum absolute atomic E-state index is 0.166. The highest BCUT2D eigenvalue weighted by Crippen LogP contribution is 2.32. The molecule has 4 nitrogen and oxygen atoms in total. The molecular weight excluding hydrogens is 384 g/mol. The topological polar surface area (TPSA) is 55.1 Å². The molecule has 0 unspecified atom stereocenters. The van der Waals surface area contributed by atoms with Crippen molar-refractivity contribution in [2.24, 2.45) is 0 Å². The molecule has 1 N–H and O–H groups in total. The monoisotopic (exact) mass is 404 g/mol. The van der Waals surface area contributed by atoms with Crippen LogP contribution in [0.1, 0.15) is 34.0 Å². The predicted octanol–water partition coefficient (Wildman–Crippen LogP) is 6.58. The maximum absolute atomic E-state index is 12.7. The summed E-state index contributed by atoms with van der Waals surface area (Å²) in [5, 5.41) is 3.45. The number of oxazole rings is 1. The number of aromatic nitrogens is 1. The summed E-state index contributed by atoms with van der Waals surface area (Å²) < 4.78 is 5.90. The van der Waals surface area contributed by atoms with Crippen LogP contribution in [0.4, 0.5) is 5.69 Å². The van der Waals surface area contributed by atoms with Gasteiger partial charge in [0.05, 0.1) is 10.6 Å². The van der Waals surface area contributed by atoms with Gasteiger partial charge in [-0.05, 0) is 67.8 Å². The van der Waals surface area contributed by atoms with E-state index in [2.05, 4.69) is 17.2 Å². The van der Waals surface area contributed by atoms with Gasteiger partial charge in [-0.25, -0.2) is 4.98 Å². The van der Waals surface area contributed by atoms with Crippen molar-refractivity contribution in [3.8, 4) is 11.5 Å². The van der Waals surface area contributed by atoms with Gasteiger partial charge in [-0.15, -0.1) is 0 Å². The molecule has 0 aliphatic carbocycles. The molecule has 1 heterocycles. The largest absolute Gasteiger partial charge is 0.436 e. The molecule has 0 fully saturated rings. The number of nitrogens with one attached hydrogen (secondary N) is 1. The summed E-state index contributed by atoms with van der Waals surface area (Å²) in [5.74, 6) is 0.266. The van der Waals surface area contributed by atoms with Gasteiger partial charge in [0.15, 0.2) is 5.58 Å². The van der Waals surface area contributed by atoms with Crippen LogP contribution in [0.3, 0.4) is 0 Å². The van der Waals surface area contributed by atoms with E-state index in [9.17, 15) is 4.79 Å². The van der Waals surface area contributed by atoms with E-state index in [-0.39, 0.29) is 5.91 Å². The van der Waals surface area contributed by atoms with E-state index in [0.717, 1.165) is 23.1 Å². The molecule has 0 atom stereocenters. The van der Waals surface area contributed by atoms with E-state index < -0.39 is 0 Å².